The van der Waals surface area contributed by atoms with Crippen LogP contribution in [0.3, 0.4) is 0 Å². The summed E-state index contributed by atoms with van der Waals surface area (Å²) in [5.74, 6) is 8.19. The second-order valence-electron chi connectivity index (χ2n) is 7.55. The predicted octanol–water partition coefficient (Wildman–Crippen LogP) is 5.38. The molecule has 2 aromatic carbocycles. The first-order valence-corrected chi connectivity index (χ1v) is 9.91. The van der Waals surface area contributed by atoms with E-state index in [0.717, 1.165) is 28.0 Å². The summed E-state index contributed by atoms with van der Waals surface area (Å²) in [5.41, 5.74) is 4.06. The van der Waals surface area contributed by atoms with Crippen LogP contribution in [0.2, 0.25) is 0 Å². The number of allylic oxidation sites excluding steroid dienone is 1. The molecule has 28 heavy (non-hydrogen) atoms. The van der Waals surface area contributed by atoms with Gasteiger partial charge in [0.1, 0.15) is 5.76 Å². The molecule has 0 spiro atoms. The average molecular weight is 372 g/mol. The van der Waals surface area contributed by atoms with Gasteiger partial charge in [0.2, 0.25) is 0 Å². The fourth-order valence-electron chi connectivity index (χ4n) is 3.97. The molecule has 1 unspecified atom stereocenters. The van der Waals surface area contributed by atoms with E-state index < -0.39 is 0 Å². The predicted molar refractivity (Wildman–Crippen MR) is 118 cm³/mol. The minimum absolute atomic E-state index is 0.308. The zero-order chi connectivity index (χ0) is 20.1. The van der Waals surface area contributed by atoms with Crippen molar-refractivity contribution in [3.05, 3.63) is 89.2 Å². The zero-order valence-electron chi connectivity index (χ0n) is 17.5. The molecule has 0 bridgehead atoms. The highest BCUT2D eigenvalue weighted by atomic mass is 16.5. The molecule has 0 radical (unpaired) electrons. The molecule has 2 nitrogen and oxygen atoms in total. The Bertz CT molecular complexity index is 917. The van der Waals surface area contributed by atoms with Crippen LogP contribution < -0.4 is 0 Å². The molecule has 0 fully saturated rings. The number of nitrogens with zero attached hydrogens (tertiary/aromatic N) is 1. The lowest BCUT2D eigenvalue weighted by atomic mass is 9.79. The van der Waals surface area contributed by atoms with E-state index in [1.165, 1.54) is 0 Å². The van der Waals surface area contributed by atoms with Gasteiger partial charge in [-0.2, -0.15) is 0 Å². The highest BCUT2D eigenvalue weighted by Crippen LogP contribution is 2.46. The van der Waals surface area contributed by atoms with Crippen LogP contribution in [0.4, 0.5) is 0 Å². The topological polar surface area (TPSA) is 12.5 Å². The Morgan fingerprint density at radius 1 is 0.929 bits per heavy atom. The highest BCUT2D eigenvalue weighted by Gasteiger charge is 2.45. The Morgan fingerprint density at radius 3 is 2.07 bits per heavy atom. The van der Waals surface area contributed by atoms with Gasteiger partial charge in [-0.3, -0.25) is 4.90 Å². The SMILES string of the molecule is CCOC1=CC(C(C)C)(N(C)C)C(C#Cc2ccccc2)=C1c1ccccc1. The number of benzene rings is 2. The van der Waals surface area contributed by atoms with Crippen molar-refractivity contribution in [2.75, 3.05) is 20.7 Å². The molecular weight excluding hydrogens is 342 g/mol. The Balaban J connectivity index is 2.29. The van der Waals surface area contributed by atoms with Crippen molar-refractivity contribution in [3.63, 3.8) is 0 Å². The van der Waals surface area contributed by atoms with Gasteiger partial charge in [-0.25, -0.2) is 0 Å². The maximum absolute atomic E-state index is 6.12. The van der Waals surface area contributed by atoms with Crippen LogP contribution in [-0.4, -0.2) is 31.1 Å². The third kappa shape index (κ3) is 3.63. The number of hydrogen-bond acceptors (Lipinski definition) is 2. The Hall–Kier alpha value is -2.76. The summed E-state index contributed by atoms with van der Waals surface area (Å²) in [6, 6.07) is 20.6. The molecule has 1 aliphatic carbocycles. The summed E-state index contributed by atoms with van der Waals surface area (Å²) in [5, 5.41) is 0. The third-order valence-electron chi connectivity index (χ3n) is 5.34. The quantitative estimate of drug-likeness (QED) is 0.654. The zero-order valence-corrected chi connectivity index (χ0v) is 17.5. The van der Waals surface area contributed by atoms with Crippen LogP contribution in [0, 0.1) is 17.8 Å². The second kappa shape index (κ2) is 8.50. The molecule has 0 amide bonds. The summed E-state index contributed by atoms with van der Waals surface area (Å²) < 4.78 is 6.12. The second-order valence-corrected chi connectivity index (χ2v) is 7.55. The van der Waals surface area contributed by atoms with Gasteiger partial charge in [0.05, 0.1) is 12.1 Å². The Labute approximate surface area is 169 Å². The van der Waals surface area contributed by atoms with Gasteiger partial charge < -0.3 is 4.74 Å². The van der Waals surface area contributed by atoms with E-state index in [1.807, 2.05) is 43.3 Å². The lowest BCUT2D eigenvalue weighted by Gasteiger charge is -2.39. The summed E-state index contributed by atoms with van der Waals surface area (Å²) in [4.78, 5) is 2.27. The van der Waals surface area contributed by atoms with Crippen molar-refractivity contribution < 1.29 is 4.74 Å². The molecule has 144 valence electrons. The van der Waals surface area contributed by atoms with Gasteiger partial charge in [-0.1, -0.05) is 74.2 Å². The van der Waals surface area contributed by atoms with Crippen LogP contribution in [0.1, 0.15) is 31.9 Å². The summed E-state index contributed by atoms with van der Waals surface area (Å²) >= 11 is 0. The summed E-state index contributed by atoms with van der Waals surface area (Å²) in [7, 11) is 4.25. The third-order valence-corrected chi connectivity index (χ3v) is 5.34. The van der Waals surface area contributed by atoms with E-state index >= 15 is 0 Å². The molecule has 0 aliphatic heterocycles. The minimum atomic E-state index is -0.308. The van der Waals surface area contributed by atoms with Crippen LogP contribution in [-0.2, 0) is 4.74 Å². The number of likely N-dealkylation sites (N-methyl/N-ethyl adjacent to an activating group) is 1. The van der Waals surface area contributed by atoms with E-state index in [4.69, 9.17) is 4.74 Å². The molecule has 2 aromatic rings. The van der Waals surface area contributed by atoms with Crippen molar-refractivity contribution in [1.82, 2.24) is 4.90 Å². The van der Waals surface area contributed by atoms with E-state index in [9.17, 15) is 0 Å². The smallest absolute Gasteiger partial charge is 0.126 e. The maximum atomic E-state index is 6.12. The monoisotopic (exact) mass is 371 g/mol. The molecular formula is C26H29NO. The van der Waals surface area contributed by atoms with E-state index in [-0.39, 0.29) is 5.54 Å². The van der Waals surface area contributed by atoms with Crippen molar-refractivity contribution in [2.45, 2.75) is 26.3 Å². The minimum Gasteiger partial charge on any atom is -0.493 e. The molecule has 0 aromatic heterocycles. The van der Waals surface area contributed by atoms with Crippen molar-refractivity contribution in [2.24, 2.45) is 5.92 Å². The summed E-state index contributed by atoms with van der Waals surface area (Å²) in [6.45, 7) is 7.16. The average Bonchev–Trinajstić information content (AvgIpc) is 3.03. The van der Waals surface area contributed by atoms with Crippen LogP contribution in [0.25, 0.3) is 5.57 Å². The van der Waals surface area contributed by atoms with Crippen LogP contribution in [0.15, 0.2) is 78.1 Å². The number of hydrogen-bond donors (Lipinski definition) is 0. The number of rotatable bonds is 5. The van der Waals surface area contributed by atoms with Gasteiger partial charge in [0.25, 0.3) is 0 Å². The maximum Gasteiger partial charge on any atom is 0.126 e. The molecule has 0 N–H and O–H groups in total. The lowest BCUT2D eigenvalue weighted by Crippen LogP contribution is -2.47. The first kappa shape index (κ1) is 20.0. The molecule has 2 heteroatoms. The van der Waals surface area contributed by atoms with E-state index in [2.05, 4.69) is 75.0 Å². The molecule has 1 aliphatic rings. The molecule has 0 saturated heterocycles. The normalized spacial score (nSPS) is 18.9. The molecule has 0 heterocycles. The van der Waals surface area contributed by atoms with Crippen molar-refractivity contribution in [3.8, 4) is 11.8 Å². The highest BCUT2D eigenvalue weighted by molar-refractivity contribution is 5.88. The van der Waals surface area contributed by atoms with Gasteiger partial charge in [-0.15, -0.1) is 0 Å². The van der Waals surface area contributed by atoms with Gasteiger partial charge in [-0.05, 0) is 50.7 Å². The van der Waals surface area contributed by atoms with Gasteiger partial charge in [0.15, 0.2) is 0 Å². The largest absolute Gasteiger partial charge is 0.493 e. The first-order valence-electron chi connectivity index (χ1n) is 9.91. The standard InChI is InChI=1S/C26H29NO/c1-6-28-24-19-26(20(2)3,27(4)5)23(18-17-21-13-9-7-10-14-21)25(24)22-15-11-8-12-16-22/h7-16,19-20H,6H2,1-5H3. The fourth-order valence-corrected chi connectivity index (χ4v) is 3.97. The van der Waals surface area contributed by atoms with Crippen LogP contribution in [0.5, 0.6) is 0 Å². The van der Waals surface area contributed by atoms with Crippen molar-refractivity contribution >= 4 is 5.57 Å². The first-order chi connectivity index (χ1) is 13.5. The Morgan fingerprint density at radius 2 is 1.54 bits per heavy atom. The van der Waals surface area contributed by atoms with Crippen molar-refractivity contribution in [1.29, 1.82) is 0 Å². The van der Waals surface area contributed by atoms with Gasteiger partial charge >= 0.3 is 0 Å². The Kier molecular flexibility index (Phi) is 6.07. The fraction of sp³-hybridized carbons (Fsp3) is 0.308. The van der Waals surface area contributed by atoms with E-state index in [1.54, 1.807) is 0 Å². The molecule has 0 saturated carbocycles. The van der Waals surface area contributed by atoms with E-state index in [0.29, 0.717) is 12.5 Å². The number of ether oxygens (including phenoxy) is 1. The lowest BCUT2D eigenvalue weighted by molar-refractivity contribution is 0.186. The van der Waals surface area contributed by atoms with Gasteiger partial charge in [0, 0.05) is 16.7 Å². The molecule has 1 atom stereocenters. The summed E-state index contributed by atoms with van der Waals surface area (Å²) in [6.07, 6.45) is 2.26. The van der Waals surface area contributed by atoms with Crippen LogP contribution >= 0.6 is 0 Å². The molecule has 3 rings (SSSR count).